The number of anilines is 1. The number of amides is 1. The van der Waals surface area contributed by atoms with Gasteiger partial charge in [-0.05, 0) is 49.8 Å². The van der Waals surface area contributed by atoms with Gasteiger partial charge in [-0.1, -0.05) is 24.2 Å². The van der Waals surface area contributed by atoms with Gasteiger partial charge in [-0.3, -0.25) is 4.79 Å². The van der Waals surface area contributed by atoms with E-state index in [1.807, 2.05) is 4.68 Å². The van der Waals surface area contributed by atoms with Crippen LogP contribution in [0.1, 0.15) is 43.9 Å². The molecule has 0 aliphatic heterocycles. The molecule has 2 heterocycles. The minimum atomic E-state index is -0.741. The first-order valence-corrected chi connectivity index (χ1v) is 10.0. The first-order chi connectivity index (χ1) is 14.3. The number of aliphatic hydroxyl groups is 1. The van der Waals surface area contributed by atoms with Crippen LogP contribution < -0.4 is 5.32 Å². The molecular weight excluding hydrogens is 409 g/mol. The largest absolute Gasteiger partial charge is 0.388 e. The van der Waals surface area contributed by atoms with Crippen LogP contribution in [0.2, 0.25) is 5.02 Å². The van der Waals surface area contributed by atoms with E-state index in [1.54, 1.807) is 19.2 Å². The van der Waals surface area contributed by atoms with E-state index in [2.05, 4.69) is 27.0 Å². The summed E-state index contributed by atoms with van der Waals surface area (Å²) in [5, 5.41) is 18.6. The monoisotopic (exact) mass is 429 g/mol. The number of rotatable bonds is 5. The van der Waals surface area contributed by atoms with Gasteiger partial charge in [-0.15, -0.1) is 0 Å². The molecule has 3 aromatic rings. The Kier molecular flexibility index (Phi) is 5.53. The first kappa shape index (κ1) is 20.4. The summed E-state index contributed by atoms with van der Waals surface area (Å²) in [6.07, 6.45) is 4.56. The number of aromatic nitrogens is 4. The highest BCUT2D eigenvalue weighted by atomic mass is 35.5. The number of hydrogen-bond donors (Lipinski definition) is 2. The summed E-state index contributed by atoms with van der Waals surface area (Å²) in [4.78, 5) is 20.4. The normalized spacial score (nSPS) is 19.7. The van der Waals surface area contributed by atoms with Crippen molar-refractivity contribution in [3.63, 3.8) is 0 Å². The number of nitrogens with one attached hydrogen (secondary N) is 1. The number of hydrogen-bond acceptors (Lipinski definition) is 5. The molecule has 0 bridgehead atoms. The molecule has 1 aliphatic carbocycles. The smallest absolute Gasteiger partial charge is 0.251 e. The fourth-order valence-corrected chi connectivity index (χ4v) is 4.10. The Morgan fingerprint density at radius 1 is 1.40 bits per heavy atom. The van der Waals surface area contributed by atoms with E-state index in [9.17, 15) is 14.3 Å². The van der Waals surface area contributed by atoms with Crippen molar-refractivity contribution in [3.05, 3.63) is 59.3 Å². The highest BCUT2D eigenvalue weighted by molar-refractivity contribution is 6.30. The van der Waals surface area contributed by atoms with Gasteiger partial charge in [-0.25, -0.2) is 19.0 Å². The number of fused-ring (bicyclic) bond motifs is 1. The molecule has 4 rings (SSSR count). The maximum atomic E-state index is 13.4. The molecule has 1 amide bonds. The Bertz CT molecular complexity index is 1130. The topological polar surface area (TPSA) is 92.9 Å². The van der Waals surface area contributed by atoms with Crippen molar-refractivity contribution in [2.45, 2.75) is 38.3 Å². The lowest BCUT2D eigenvalue weighted by molar-refractivity contribution is -0.112. The van der Waals surface area contributed by atoms with Gasteiger partial charge >= 0.3 is 0 Å². The summed E-state index contributed by atoms with van der Waals surface area (Å²) in [5.74, 6) is -0.450. The fourth-order valence-electron chi connectivity index (χ4n) is 3.91. The van der Waals surface area contributed by atoms with E-state index in [4.69, 9.17) is 11.6 Å². The molecule has 1 saturated carbocycles. The maximum absolute atomic E-state index is 13.4. The Labute approximate surface area is 177 Å². The van der Waals surface area contributed by atoms with E-state index in [1.165, 1.54) is 18.5 Å². The van der Waals surface area contributed by atoms with Crippen LogP contribution in [0.4, 0.5) is 10.2 Å². The molecule has 3 unspecified atom stereocenters. The fraction of sp³-hybridized carbons (Fsp3) is 0.333. The van der Waals surface area contributed by atoms with Crippen LogP contribution in [0.5, 0.6) is 0 Å². The summed E-state index contributed by atoms with van der Waals surface area (Å²) >= 11 is 5.86. The van der Waals surface area contributed by atoms with Crippen molar-refractivity contribution >= 4 is 34.4 Å². The molecular formula is C21H21ClFN5O2. The van der Waals surface area contributed by atoms with Crippen molar-refractivity contribution < 1.29 is 14.3 Å². The molecule has 0 saturated heterocycles. The van der Waals surface area contributed by atoms with Crippen molar-refractivity contribution in [2.75, 3.05) is 5.32 Å². The van der Waals surface area contributed by atoms with Crippen molar-refractivity contribution in [1.82, 2.24) is 19.7 Å². The van der Waals surface area contributed by atoms with Gasteiger partial charge in [0.1, 0.15) is 18.0 Å². The zero-order valence-electron chi connectivity index (χ0n) is 16.3. The predicted molar refractivity (Wildman–Crippen MR) is 112 cm³/mol. The number of nitrogens with zero attached hydrogens (tertiary/aromatic N) is 4. The Hall–Kier alpha value is -2.84. The Morgan fingerprint density at radius 2 is 2.20 bits per heavy atom. The van der Waals surface area contributed by atoms with Crippen molar-refractivity contribution in [2.24, 2.45) is 5.92 Å². The van der Waals surface area contributed by atoms with E-state index in [0.29, 0.717) is 34.4 Å². The standard InChI is InChI=1S/C21H21ClFN5O2/c1-11(2)21(30)27-19-15-9-26-28(20(15)25-10-24-19)14-5-3-12(7-14)18(29)13-4-6-17(23)16(22)8-13/h4,6,8-10,12,14,18,29H,1,3,5,7H2,2H3,(H,24,25,27,30). The Balaban J connectivity index is 1.55. The molecule has 7 nitrogen and oxygen atoms in total. The lowest BCUT2D eigenvalue weighted by Crippen LogP contribution is -2.14. The molecule has 1 fully saturated rings. The molecule has 156 valence electrons. The third kappa shape index (κ3) is 3.80. The molecule has 30 heavy (non-hydrogen) atoms. The maximum Gasteiger partial charge on any atom is 0.251 e. The van der Waals surface area contributed by atoms with Crippen LogP contribution in [0.25, 0.3) is 11.0 Å². The number of carbonyl (C=O) groups is 1. The van der Waals surface area contributed by atoms with Crippen LogP contribution in [0, 0.1) is 11.7 Å². The quantitative estimate of drug-likeness (QED) is 0.592. The molecule has 0 radical (unpaired) electrons. The van der Waals surface area contributed by atoms with Gasteiger partial charge in [0, 0.05) is 5.57 Å². The lowest BCUT2D eigenvalue weighted by Gasteiger charge is -2.19. The summed E-state index contributed by atoms with van der Waals surface area (Å²) in [5.41, 5.74) is 1.60. The van der Waals surface area contributed by atoms with Gasteiger partial charge in [0.05, 0.1) is 28.8 Å². The van der Waals surface area contributed by atoms with Crippen LogP contribution >= 0.6 is 11.6 Å². The lowest BCUT2D eigenvalue weighted by atomic mass is 9.94. The number of halogens is 2. The minimum absolute atomic E-state index is 0.000190. The van der Waals surface area contributed by atoms with Crippen LogP contribution in [0.3, 0.4) is 0 Å². The SMILES string of the molecule is C=C(C)C(=O)Nc1ncnc2c1cnn2C1CCC(C(O)c2ccc(F)c(Cl)c2)C1. The van der Waals surface area contributed by atoms with Gasteiger partial charge in [0.2, 0.25) is 0 Å². The van der Waals surface area contributed by atoms with Crippen LogP contribution in [-0.4, -0.2) is 30.8 Å². The Morgan fingerprint density at radius 3 is 2.93 bits per heavy atom. The van der Waals surface area contributed by atoms with E-state index in [0.717, 1.165) is 12.8 Å². The predicted octanol–water partition coefficient (Wildman–Crippen LogP) is 4.21. The highest BCUT2D eigenvalue weighted by Crippen LogP contribution is 2.42. The second-order valence-corrected chi connectivity index (χ2v) is 8.04. The third-order valence-electron chi connectivity index (χ3n) is 5.53. The number of benzene rings is 1. The van der Waals surface area contributed by atoms with Crippen molar-refractivity contribution in [1.29, 1.82) is 0 Å². The highest BCUT2D eigenvalue weighted by Gasteiger charge is 2.33. The van der Waals surface area contributed by atoms with Gasteiger partial charge in [0.15, 0.2) is 5.65 Å². The average Bonchev–Trinajstić information content (AvgIpc) is 3.37. The van der Waals surface area contributed by atoms with Gasteiger partial charge in [0.25, 0.3) is 5.91 Å². The molecule has 1 aliphatic rings. The third-order valence-corrected chi connectivity index (χ3v) is 5.82. The molecule has 1 aromatic carbocycles. The molecule has 3 atom stereocenters. The molecule has 2 aromatic heterocycles. The average molecular weight is 430 g/mol. The summed E-state index contributed by atoms with van der Waals surface area (Å²) in [7, 11) is 0. The minimum Gasteiger partial charge on any atom is -0.388 e. The molecule has 9 heteroatoms. The van der Waals surface area contributed by atoms with E-state index >= 15 is 0 Å². The molecule has 2 N–H and O–H groups in total. The molecule has 0 spiro atoms. The number of carbonyl (C=O) groups excluding carboxylic acids is 1. The van der Waals surface area contributed by atoms with E-state index in [-0.39, 0.29) is 22.9 Å². The summed E-state index contributed by atoms with van der Waals surface area (Å²) < 4.78 is 15.2. The van der Waals surface area contributed by atoms with Crippen molar-refractivity contribution in [3.8, 4) is 0 Å². The number of aliphatic hydroxyl groups excluding tert-OH is 1. The second kappa shape index (κ2) is 8.12. The zero-order valence-corrected chi connectivity index (χ0v) is 17.1. The van der Waals surface area contributed by atoms with Crippen LogP contribution in [-0.2, 0) is 4.79 Å². The zero-order chi connectivity index (χ0) is 21.4. The second-order valence-electron chi connectivity index (χ2n) is 7.63. The summed E-state index contributed by atoms with van der Waals surface area (Å²) in [6.45, 7) is 5.25. The van der Waals surface area contributed by atoms with Crippen LogP contribution in [0.15, 0.2) is 42.9 Å². The summed E-state index contributed by atoms with van der Waals surface area (Å²) in [6, 6.07) is 4.35. The van der Waals surface area contributed by atoms with Gasteiger partial charge in [-0.2, -0.15) is 5.10 Å². The van der Waals surface area contributed by atoms with E-state index < -0.39 is 11.9 Å². The first-order valence-electron chi connectivity index (χ1n) is 9.63. The van der Waals surface area contributed by atoms with Gasteiger partial charge < -0.3 is 10.4 Å².